The quantitative estimate of drug-likeness (QED) is 0.629. The van der Waals surface area contributed by atoms with Gasteiger partial charge >= 0.3 is 0 Å². The minimum atomic E-state index is 0.820. The van der Waals surface area contributed by atoms with E-state index in [0.717, 1.165) is 25.2 Å². The van der Waals surface area contributed by atoms with E-state index in [1.807, 2.05) is 0 Å². The fourth-order valence-corrected chi connectivity index (χ4v) is 2.70. The van der Waals surface area contributed by atoms with E-state index in [1.165, 1.54) is 26.1 Å². The number of fused-ring (bicyclic) bond motifs is 2. The Morgan fingerprint density at radius 1 is 1.23 bits per heavy atom. The van der Waals surface area contributed by atoms with Crippen LogP contribution in [0.4, 0.5) is 0 Å². The van der Waals surface area contributed by atoms with E-state index in [0.29, 0.717) is 0 Å². The number of piperazine rings is 1. The van der Waals surface area contributed by atoms with Crippen LogP contribution in [0.3, 0.4) is 0 Å². The van der Waals surface area contributed by atoms with Crippen LogP contribution in [0.1, 0.15) is 13.3 Å². The molecule has 2 fully saturated rings. The molecule has 3 nitrogen and oxygen atoms in total. The van der Waals surface area contributed by atoms with Gasteiger partial charge in [-0.25, -0.2) is 0 Å². The molecule has 2 rings (SSSR count). The van der Waals surface area contributed by atoms with E-state index in [2.05, 4.69) is 16.7 Å². The number of hydrogen-bond donors (Lipinski definition) is 0. The molecule has 2 atom stereocenters. The van der Waals surface area contributed by atoms with Crippen molar-refractivity contribution in [2.45, 2.75) is 25.4 Å². The van der Waals surface area contributed by atoms with E-state index in [1.54, 1.807) is 7.11 Å². The topological polar surface area (TPSA) is 15.7 Å². The molecule has 0 aromatic heterocycles. The first kappa shape index (κ1) is 9.44. The molecule has 3 heteroatoms. The molecule has 13 heavy (non-hydrogen) atoms. The number of likely N-dealkylation sites (N-methyl/N-ethyl adjacent to an activating group) is 1. The Balaban J connectivity index is 1.81. The maximum absolute atomic E-state index is 5.11. The molecule has 2 aliphatic rings. The molecule has 0 aliphatic carbocycles. The van der Waals surface area contributed by atoms with Gasteiger partial charge in [-0.05, 0) is 13.0 Å². The Kier molecular flexibility index (Phi) is 2.86. The Bertz CT molecular complexity index is 174. The van der Waals surface area contributed by atoms with Gasteiger partial charge in [-0.3, -0.25) is 9.80 Å². The zero-order valence-electron chi connectivity index (χ0n) is 8.70. The number of ether oxygens (including phenoxy) is 1. The van der Waals surface area contributed by atoms with Crippen molar-refractivity contribution in [2.75, 3.05) is 39.9 Å². The second-order valence-electron chi connectivity index (χ2n) is 4.12. The summed E-state index contributed by atoms with van der Waals surface area (Å²) in [6.45, 7) is 8.04. The third-order valence-electron chi connectivity index (χ3n) is 3.46. The van der Waals surface area contributed by atoms with Gasteiger partial charge in [-0.15, -0.1) is 0 Å². The molecule has 2 bridgehead atoms. The fourth-order valence-electron chi connectivity index (χ4n) is 2.70. The highest BCUT2D eigenvalue weighted by atomic mass is 16.5. The number of hydrogen-bond acceptors (Lipinski definition) is 3. The summed E-state index contributed by atoms with van der Waals surface area (Å²) in [4.78, 5) is 5.19. The van der Waals surface area contributed by atoms with Gasteiger partial charge < -0.3 is 4.74 Å². The molecule has 0 aromatic carbocycles. The minimum Gasteiger partial charge on any atom is -0.383 e. The molecule has 0 N–H and O–H groups in total. The van der Waals surface area contributed by atoms with Crippen LogP contribution in [0.5, 0.6) is 0 Å². The van der Waals surface area contributed by atoms with Crippen LogP contribution in [0.15, 0.2) is 0 Å². The maximum atomic E-state index is 5.11. The molecule has 2 saturated heterocycles. The van der Waals surface area contributed by atoms with Crippen molar-refractivity contribution in [3.05, 3.63) is 0 Å². The third-order valence-corrected chi connectivity index (χ3v) is 3.46. The second-order valence-corrected chi connectivity index (χ2v) is 4.12. The summed E-state index contributed by atoms with van der Waals surface area (Å²) >= 11 is 0. The summed E-state index contributed by atoms with van der Waals surface area (Å²) in [5.41, 5.74) is 0. The molecule has 0 unspecified atom stereocenters. The minimum absolute atomic E-state index is 0.820. The van der Waals surface area contributed by atoms with Gasteiger partial charge in [0.1, 0.15) is 0 Å². The lowest BCUT2D eigenvalue weighted by Gasteiger charge is -2.33. The average Bonchev–Trinajstić information content (AvgIpc) is 2.72. The van der Waals surface area contributed by atoms with Gasteiger partial charge in [-0.2, -0.15) is 0 Å². The Morgan fingerprint density at radius 3 is 2.46 bits per heavy atom. The lowest BCUT2D eigenvalue weighted by molar-refractivity contribution is 0.0963. The van der Waals surface area contributed by atoms with E-state index in [-0.39, 0.29) is 0 Å². The number of nitrogens with zero attached hydrogens (tertiary/aromatic N) is 2. The van der Waals surface area contributed by atoms with Crippen molar-refractivity contribution in [1.29, 1.82) is 0 Å². The molecular formula is C10H20N2O. The zero-order chi connectivity index (χ0) is 9.26. The van der Waals surface area contributed by atoms with Crippen molar-refractivity contribution in [3.63, 3.8) is 0 Å². The van der Waals surface area contributed by atoms with E-state index < -0.39 is 0 Å². The fraction of sp³-hybridized carbons (Fsp3) is 1.00. The molecule has 0 radical (unpaired) electrons. The van der Waals surface area contributed by atoms with E-state index >= 15 is 0 Å². The average molecular weight is 184 g/mol. The van der Waals surface area contributed by atoms with E-state index in [9.17, 15) is 0 Å². The van der Waals surface area contributed by atoms with Gasteiger partial charge in [0, 0.05) is 38.8 Å². The standard InChI is InChI=1S/C10H20N2O/c1-3-11-7-10-6-9(11)8-12(10)4-5-13-2/h9-10H,3-8H2,1-2H3/t9-,10-/m1/s1. The molecular weight excluding hydrogens is 164 g/mol. The molecule has 2 aliphatic heterocycles. The monoisotopic (exact) mass is 184 g/mol. The number of rotatable bonds is 4. The van der Waals surface area contributed by atoms with Crippen molar-refractivity contribution >= 4 is 0 Å². The Labute approximate surface area is 80.6 Å². The zero-order valence-corrected chi connectivity index (χ0v) is 8.70. The van der Waals surface area contributed by atoms with Crippen molar-refractivity contribution in [1.82, 2.24) is 9.80 Å². The number of methoxy groups -OCH3 is 1. The highest BCUT2D eigenvalue weighted by molar-refractivity contribution is 4.98. The largest absolute Gasteiger partial charge is 0.383 e. The normalized spacial score (nSPS) is 34.6. The summed E-state index contributed by atoms with van der Waals surface area (Å²) in [6, 6.07) is 1.66. The van der Waals surface area contributed by atoms with Crippen molar-refractivity contribution < 1.29 is 4.74 Å². The van der Waals surface area contributed by atoms with Crippen LogP contribution < -0.4 is 0 Å². The van der Waals surface area contributed by atoms with Gasteiger partial charge in [0.15, 0.2) is 0 Å². The van der Waals surface area contributed by atoms with Crippen LogP contribution >= 0.6 is 0 Å². The van der Waals surface area contributed by atoms with E-state index in [4.69, 9.17) is 4.74 Å². The van der Waals surface area contributed by atoms with Crippen molar-refractivity contribution in [2.24, 2.45) is 0 Å². The molecule has 2 heterocycles. The lowest BCUT2D eigenvalue weighted by atomic mass is 10.2. The second kappa shape index (κ2) is 3.95. The predicted octanol–water partition coefficient (Wildman–Crippen LogP) is 0.411. The smallest absolute Gasteiger partial charge is 0.0589 e. The van der Waals surface area contributed by atoms with Crippen molar-refractivity contribution in [3.8, 4) is 0 Å². The summed E-state index contributed by atoms with van der Waals surface area (Å²) in [5, 5.41) is 0. The highest BCUT2D eigenvalue weighted by Crippen LogP contribution is 2.29. The Morgan fingerprint density at radius 2 is 1.92 bits per heavy atom. The molecule has 76 valence electrons. The number of likely N-dealkylation sites (tertiary alicyclic amines) is 2. The first-order chi connectivity index (χ1) is 6.35. The third kappa shape index (κ3) is 1.73. The first-order valence-electron chi connectivity index (χ1n) is 5.32. The summed E-state index contributed by atoms with van der Waals surface area (Å²) < 4.78 is 5.11. The summed E-state index contributed by atoms with van der Waals surface area (Å²) in [7, 11) is 1.78. The first-order valence-corrected chi connectivity index (χ1v) is 5.32. The SMILES string of the molecule is CCN1C[C@H]2C[C@@H]1CN2CCOC. The lowest BCUT2D eigenvalue weighted by Crippen LogP contribution is -2.46. The predicted molar refractivity (Wildman–Crippen MR) is 52.9 cm³/mol. The Hall–Kier alpha value is -0.120. The van der Waals surface area contributed by atoms with Gasteiger partial charge in [0.05, 0.1) is 6.61 Å². The summed E-state index contributed by atoms with van der Waals surface area (Å²) in [5.74, 6) is 0. The van der Waals surface area contributed by atoms with Crippen LogP contribution in [-0.2, 0) is 4.74 Å². The van der Waals surface area contributed by atoms with Crippen LogP contribution in [-0.4, -0.2) is 61.8 Å². The highest BCUT2D eigenvalue weighted by Gasteiger charge is 2.41. The molecule has 0 spiro atoms. The van der Waals surface area contributed by atoms with Gasteiger partial charge in [0.25, 0.3) is 0 Å². The maximum Gasteiger partial charge on any atom is 0.0589 e. The van der Waals surface area contributed by atoms with Crippen LogP contribution in [0.25, 0.3) is 0 Å². The van der Waals surface area contributed by atoms with Crippen LogP contribution in [0.2, 0.25) is 0 Å². The molecule has 0 saturated carbocycles. The van der Waals surface area contributed by atoms with Gasteiger partial charge in [0.2, 0.25) is 0 Å². The van der Waals surface area contributed by atoms with Crippen LogP contribution in [0, 0.1) is 0 Å². The molecule has 0 amide bonds. The molecule has 0 aromatic rings. The van der Waals surface area contributed by atoms with Gasteiger partial charge in [-0.1, -0.05) is 6.92 Å². The summed E-state index contributed by atoms with van der Waals surface area (Å²) in [6.07, 6.45) is 1.39.